The van der Waals surface area contributed by atoms with Crippen molar-refractivity contribution in [1.29, 1.82) is 0 Å². The zero-order chi connectivity index (χ0) is 12.4. The van der Waals surface area contributed by atoms with Crippen molar-refractivity contribution in [1.82, 2.24) is 4.90 Å². The van der Waals surface area contributed by atoms with Gasteiger partial charge in [-0.1, -0.05) is 6.07 Å². The molecule has 0 bridgehead atoms. The molecule has 1 fully saturated rings. The van der Waals surface area contributed by atoms with Gasteiger partial charge in [0.2, 0.25) is 5.91 Å². The molecule has 1 saturated heterocycles. The molecule has 0 aromatic heterocycles. The molecule has 1 aliphatic heterocycles. The Kier molecular flexibility index (Phi) is 2.99. The summed E-state index contributed by atoms with van der Waals surface area (Å²) < 4.78 is 5.16. The van der Waals surface area contributed by atoms with E-state index in [1.807, 2.05) is 6.92 Å². The van der Waals surface area contributed by atoms with Crippen molar-refractivity contribution in [3.63, 3.8) is 0 Å². The molecule has 1 unspecified atom stereocenters. The summed E-state index contributed by atoms with van der Waals surface area (Å²) in [5, 5.41) is 9.24. The summed E-state index contributed by atoms with van der Waals surface area (Å²) in [5.74, 6) is -0.533. The Hall–Kier alpha value is -2.04. The maximum atomic E-state index is 11.7. The average molecular weight is 235 g/mol. The topological polar surface area (TPSA) is 66.8 Å². The lowest BCUT2D eigenvalue weighted by Crippen LogP contribution is -2.54. The predicted molar refractivity (Wildman–Crippen MR) is 59.3 cm³/mol. The number of benzene rings is 1. The number of carbonyl (C=O) groups excluding carboxylic acids is 2. The van der Waals surface area contributed by atoms with Crippen LogP contribution >= 0.6 is 0 Å². The lowest BCUT2D eigenvalue weighted by Gasteiger charge is -2.38. The van der Waals surface area contributed by atoms with Crippen molar-refractivity contribution in [2.24, 2.45) is 0 Å². The number of carbonyl (C=O) groups is 2. The number of nitrogens with zero attached hydrogens (tertiary/aromatic N) is 1. The van der Waals surface area contributed by atoms with Crippen molar-refractivity contribution < 1.29 is 19.4 Å². The van der Waals surface area contributed by atoms with Crippen LogP contribution in [-0.4, -0.2) is 34.7 Å². The van der Waals surface area contributed by atoms with Gasteiger partial charge < -0.3 is 14.7 Å². The lowest BCUT2D eigenvalue weighted by molar-refractivity contribution is -0.164. The van der Waals surface area contributed by atoms with Crippen LogP contribution in [0.1, 0.15) is 23.7 Å². The second-order valence-corrected chi connectivity index (χ2v) is 3.79. The van der Waals surface area contributed by atoms with Crippen molar-refractivity contribution in [2.45, 2.75) is 19.6 Å². The Balaban J connectivity index is 2.01. The Morgan fingerprint density at radius 1 is 1.59 bits per heavy atom. The fraction of sp³-hybridized carbons (Fsp3) is 0.333. The van der Waals surface area contributed by atoms with Gasteiger partial charge in [0.1, 0.15) is 5.75 Å². The predicted octanol–water partition coefficient (Wildman–Crippen LogP) is 1.13. The molecule has 1 aromatic rings. The van der Waals surface area contributed by atoms with Crippen LogP contribution in [0.25, 0.3) is 0 Å². The average Bonchev–Trinajstić information content (AvgIpc) is 2.28. The number of β-lactam (4-membered cyclic amide) rings is 1. The van der Waals surface area contributed by atoms with Crippen molar-refractivity contribution in [2.75, 3.05) is 6.54 Å². The van der Waals surface area contributed by atoms with E-state index in [1.54, 1.807) is 12.1 Å². The minimum Gasteiger partial charge on any atom is -0.508 e. The first kappa shape index (κ1) is 11.4. The highest BCUT2D eigenvalue weighted by Crippen LogP contribution is 2.21. The van der Waals surface area contributed by atoms with Gasteiger partial charge in [0.15, 0.2) is 6.23 Å². The van der Waals surface area contributed by atoms with E-state index in [2.05, 4.69) is 0 Å². The van der Waals surface area contributed by atoms with Crippen molar-refractivity contribution >= 4 is 11.9 Å². The maximum Gasteiger partial charge on any atom is 0.340 e. The van der Waals surface area contributed by atoms with E-state index in [1.165, 1.54) is 17.0 Å². The maximum absolute atomic E-state index is 11.7. The molecular weight excluding hydrogens is 222 g/mol. The summed E-state index contributed by atoms with van der Waals surface area (Å²) in [4.78, 5) is 24.3. The largest absolute Gasteiger partial charge is 0.508 e. The molecule has 5 heteroatoms. The summed E-state index contributed by atoms with van der Waals surface area (Å²) in [7, 11) is 0. The van der Waals surface area contributed by atoms with Gasteiger partial charge in [-0.3, -0.25) is 4.79 Å². The van der Waals surface area contributed by atoms with E-state index >= 15 is 0 Å². The Bertz CT molecular complexity index is 458. The highest BCUT2D eigenvalue weighted by Gasteiger charge is 2.37. The number of phenolic OH excluding ortho intramolecular Hbond substituents is 1. The van der Waals surface area contributed by atoms with Gasteiger partial charge in [0.05, 0.1) is 12.0 Å². The summed E-state index contributed by atoms with van der Waals surface area (Å²) in [5.41, 5.74) is 0.278. The summed E-state index contributed by atoms with van der Waals surface area (Å²) >= 11 is 0. The molecule has 1 atom stereocenters. The molecule has 2 rings (SSSR count). The van der Waals surface area contributed by atoms with Crippen LogP contribution in [-0.2, 0) is 9.53 Å². The van der Waals surface area contributed by atoms with Crippen LogP contribution < -0.4 is 0 Å². The molecule has 1 aromatic carbocycles. The molecule has 17 heavy (non-hydrogen) atoms. The first-order valence-electron chi connectivity index (χ1n) is 5.41. The van der Waals surface area contributed by atoms with Gasteiger partial charge >= 0.3 is 5.97 Å². The van der Waals surface area contributed by atoms with E-state index in [0.717, 1.165) is 0 Å². The molecule has 5 nitrogen and oxygen atoms in total. The highest BCUT2D eigenvalue weighted by molar-refractivity contribution is 5.91. The quantitative estimate of drug-likeness (QED) is 0.630. The van der Waals surface area contributed by atoms with E-state index in [-0.39, 0.29) is 23.6 Å². The lowest BCUT2D eigenvalue weighted by atomic mass is 10.1. The summed E-state index contributed by atoms with van der Waals surface area (Å²) in [6.45, 7) is 2.35. The molecule has 1 N–H and O–H groups in total. The van der Waals surface area contributed by atoms with Crippen LogP contribution in [0.5, 0.6) is 5.75 Å². The number of esters is 1. The number of ether oxygens (including phenoxy) is 1. The van der Waals surface area contributed by atoms with Crippen LogP contribution in [0.2, 0.25) is 0 Å². The fourth-order valence-corrected chi connectivity index (χ4v) is 1.73. The molecule has 0 saturated carbocycles. The second kappa shape index (κ2) is 4.45. The minimum absolute atomic E-state index is 0.0106. The number of amides is 1. The number of aromatic hydroxyl groups is 1. The van der Waals surface area contributed by atoms with Gasteiger partial charge in [-0.2, -0.15) is 0 Å². The SMILES string of the molecule is CCN1C(=O)CC1OC(=O)c1cccc(O)c1. The van der Waals surface area contributed by atoms with Gasteiger partial charge in [0.25, 0.3) is 0 Å². The molecule has 0 spiro atoms. The Morgan fingerprint density at radius 3 is 2.94 bits per heavy atom. The normalized spacial score (nSPS) is 18.8. The monoisotopic (exact) mass is 235 g/mol. The molecule has 0 radical (unpaired) electrons. The number of hydrogen-bond donors (Lipinski definition) is 1. The summed E-state index contributed by atoms with van der Waals surface area (Å²) in [6, 6.07) is 5.93. The number of phenols is 1. The Morgan fingerprint density at radius 2 is 2.35 bits per heavy atom. The molecule has 1 heterocycles. The van der Waals surface area contributed by atoms with Gasteiger partial charge in [-0.05, 0) is 25.1 Å². The van der Waals surface area contributed by atoms with E-state index in [9.17, 15) is 14.7 Å². The third-order valence-electron chi connectivity index (χ3n) is 2.68. The highest BCUT2D eigenvalue weighted by atomic mass is 16.6. The first-order chi connectivity index (χ1) is 8.11. The van der Waals surface area contributed by atoms with Crippen molar-refractivity contribution in [3.05, 3.63) is 29.8 Å². The fourth-order valence-electron chi connectivity index (χ4n) is 1.73. The molecular formula is C12H13NO4. The molecule has 90 valence electrons. The first-order valence-corrected chi connectivity index (χ1v) is 5.41. The Labute approximate surface area is 98.6 Å². The summed E-state index contributed by atoms with van der Waals surface area (Å²) in [6.07, 6.45) is -0.236. The minimum atomic E-state index is -0.531. The standard InChI is InChI=1S/C12H13NO4/c1-2-13-10(15)7-11(13)17-12(16)8-4-3-5-9(14)6-8/h3-6,11,14H,2,7H2,1H3. The zero-order valence-corrected chi connectivity index (χ0v) is 9.42. The van der Waals surface area contributed by atoms with Crippen LogP contribution in [0.15, 0.2) is 24.3 Å². The van der Waals surface area contributed by atoms with E-state index < -0.39 is 12.2 Å². The van der Waals surface area contributed by atoms with E-state index in [0.29, 0.717) is 6.54 Å². The van der Waals surface area contributed by atoms with Crippen LogP contribution in [0.3, 0.4) is 0 Å². The smallest absolute Gasteiger partial charge is 0.340 e. The number of hydrogen-bond acceptors (Lipinski definition) is 4. The number of likely N-dealkylation sites (tertiary alicyclic amines) is 1. The van der Waals surface area contributed by atoms with Crippen LogP contribution in [0.4, 0.5) is 0 Å². The van der Waals surface area contributed by atoms with Gasteiger partial charge in [-0.25, -0.2) is 4.79 Å². The second-order valence-electron chi connectivity index (χ2n) is 3.79. The van der Waals surface area contributed by atoms with Gasteiger partial charge in [0, 0.05) is 6.54 Å². The molecule has 1 amide bonds. The van der Waals surface area contributed by atoms with Crippen molar-refractivity contribution in [3.8, 4) is 5.75 Å². The third-order valence-corrected chi connectivity index (χ3v) is 2.68. The van der Waals surface area contributed by atoms with E-state index in [4.69, 9.17) is 4.74 Å². The zero-order valence-electron chi connectivity index (χ0n) is 9.42. The van der Waals surface area contributed by atoms with Crippen LogP contribution in [0, 0.1) is 0 Å². The molecule has 0 aliphatic carbocycles. The molecule has 1 aliphatic rings. The third kappa shape index (κ3) is 2.22. The number of rotatable bonds is 3. The van der Waals surface area contributed by atoms with Gasteiger partial charge in [-0.15, -0.1) is 0 Å².